The van der Waals surface area contributed by atoms with Crippen molar-refractivity contribution in [3.63, 3.8) is 0 Å². The Morgan fingerprint density at radius 1 is 0.913 bits per heavy atom. The molecule has 0 spiro atoms. The van der Waals surface area contributed by atoms with E-state index in [0.29, 0.717) is 5.57 Å². The minimum absolute atomic E-state index is 0.329. The molecule has 0 bridgehead atoms. The second-order valence-corrected chi connectivity index (χ2v) is 7.70. The van der Waals surface area contributed by atoms with Crippen LogP contribution in [-0.2, 0) is 19.1 Å². The van der Waals surface area contributed by atoms with Crippen molar-refractivity contribution in [1.29, 1.82) is 0 Å². The van der Waals surface area contributed by atoms with Gasteiger partial charge in [-0.1, -0.05) is 24.3 Å². The maximum Gasteiger partial charge on any atom is 0.335 e. The Bertz CT molecular complexity index is 657. The lowest BCUT2D eigenvalue weighted by molar-refractivity contribution is -0.159. The fraction of sp³-hybridized carbons (Fsp3) is 0.474. The number of fused-ring (bicyclic) bond motifs is 1. The molecule has 1 aromatic carbocycles. The van der Waals surface area contributed by atoms with Gasteiger partial charge in [0.15, 0.2) is 0 Å². The number of carbonyl (C=O) groups excluding carboxylic acids is 2. The van der Waals surface area contributed by atoms with Crippen molar-refractivity contribution in [2.24, 2.45) is 0 Å². The summed E-state index contributed by atoms with van der Waals surface area (Å²) in [5.74, 6) is -1.65. The lowest BCUT2D eigenvalue weighted by atomic mass is 9.95. The highest BCUT2D eigenvalue weighted by molar-refractivity contribution is 6.06. The first kappa shape index (κ1) is 17.3. The van der Waals surface area contributed by atoms with Gasteiger partial charge in [-0.15, -0.1) is 0 Å². The Labute approximate surface area is 137 Å². The summed E-state index contributed by atoms with van der Waals surface area (Å²) in [6, 6.07) is 7.45. The number of benzene rings is 1. The van der Waals surface area contributed by atoms with Crippen LogP contribution in [-0.4, -0.2) is 23.1 Å². The number of hydrogen-bond donors (Lipinski definition) is 0. The minimum atomic E-state index is -0.736. The molecular weight excluding hydrogens is 292 g/mol. The van der Waals surface area contributed by atoms with Crippen LogP contribution in [0.4, 0.5) is 0 Å². The maximum atomic E-state index is 12.6. The minimum Gasteiger partial charge on any atom is -0.459 e. The quantitative estimate of drug-likeness (QED) is 0.778. The second kappa shape index (κ2) is 5.84. The van der Waals surface area contributed by atoms with E-state index in [1.54, 1.807) is 26.8 Å². The number of hydrogen-bond acceptors (Lipinski definition) is 4. The smallest absolute Gasteiger partial charge is 0.335 e. The van der Waals surface area contributed by atoms with Crippen LogP contribution in [0.15, 0.2) is 29.8 Å². The Balaban J connectivity index is 2.37. The molecule has 124 valence electrons. The average Bonchev–Trinajstić information content (AvgIpc) is 2.73. The van der Waals surface area contributed by atoms with Gasteiger partial charge >= 0.3 is 11.9 Å². The fourth-order valence-electron chi connectivity index (χ4n) is 2.45. The summed E-state index contributed by atoms with van der Waals surface area (Å²) in [6.45, 7) is 10.8. The normalized spacial score (nSPS) is 17.3. The zero-order valence-corrected chi connectivity index (χ0v) is 14.6. The van der Waals surface area contributed by atoms with Crippen LogP contribution in [0.3, 0.4) is 0 Å². The van der Waals surface area contributed by atoms with Crippen LogP contribution in [0, 0.1) is 0 Å². The van der Waals surface area contributed by atoms with E-state index >= 15 is 0 Å². The first-order valence-electron chi connectivity index (χ1n) is 7.75. The third-order valence-corrected chi connectivity index (χ3v) is 3.21. The molecule has 0 aliphatic heterocycles. The summed E-state index contributed by atoms with van der Waals surface area (Å²) >= 11 is 0. The molecule has 0 N–H and O–H groups in total. The Morgan fingerprint density at radius 2 is 1.48 bits per heavy atom. The van der Waals surface area contributed by atoms with Gasteiger partial charge in [0.25, 0.3) is 0 Å². The molecule has 0 heterocycles. The molecule has 0 radical (unpaired) electrons. The van der Waals surface area contributed by atoms with Crippen LogP contribution >= 0.6 is 0 Å². The van der Waals surface area contributed by atoms with Gasteiger partial charge in [0, 0.05) is 0 Å². The molecule has 1 atom stereocenters. The largest absolute Gasteiger partial charge is 0.459 e. The summed E-state index contributed by atoms with van der Waals surface area (Å²) < 4.78 is 10.9. The molecule has 1 aromatic rings. The molecule has 0 aromatic heterocycles. The Morgan fingerprint density at radius 3 is 2.04 bits per heavy atom. The SMILES string of the molecule is CC(C)(C)OC(=O)C1=Cc2ccccc2C1C(=O)OC(C)(C)C. The van der Waals surface area contributed by atoms with Gasteiger partial charge in [0.2, 0.25) is 0 Å². The standard InChI is InChI=1S/C19H24O4/c1-18(2,3)22-16(20)14-11-12-9-7-8-10-13(12)15(14)17(21)23-19(4,5)6/h7-11,15H,1-6H3. The molecule has 0 saturated heterocycles. The van der Waals surface area contributed by atoms with Gasteiger partial charge in [-0.25, -0.2) is 4.79 Å². The third kappa shape index (κ3) is 4.21. The summed E-state index contributed by atoms with van der Waals surface area (Å²) in [5.41, 5.74) is 0.723. The van der Waals surface area contributed by atoms with Gasteiger partial charge < -0.3 is 9.47 Å². The molecule has 4 nitrogen and oxygen atoms in total. The predicted molar refractivity (Wildman–Crippen MR) is 88.9 cm³/mol. The Kier molecular flexibility index (Phi) is 4.38. The summed E-state index contributed by atoms with van der Waals surface area (Å²) in [7, 11) is 0. The molecule has 0 saturated carbocycles. The maximum absolute atomic E-state index is 12.6. The summed E-state index contributed by atoms with van der Waals surface area (Å²) in [4.78, 5) is 25.1. The van der Waals surface area contributed by atoms with E-state index < -0.39 is 29.1 Å². The van der Waals surface area contributed by atoms with E-state index in [1.165, 1.54) is 0 Å². The summed E-state index contributed by atoms with van der Waals surface area (Å²) in [6.07, 6.45) is 1.72. The molecule has 1 unspecified atom stereocenters. The highest BCUT2D eigenvalue weighted by atomic mass is 16.6. The van der Waals surface area contributed by atoms with Crippen molar-refractivity contribution in [3.8, 4) is 0 Å². The molecule has 4 heteroatoms. The predicted octanol–water partition coefficient (Wildman–Crippen LogP) is 3.85. The lowest BCUT2D eigenvalue weighted by Gasteiger charge is -2.25. The zero-order chi connectivity index (χ0) is 17.4. The van der Waals surface area contributed by atoms with Crippen molar-refractivity contribution in [3.05, 3.63) is 41.0 Å². The molecule has 0 amide bonds. The van der Waals surface area contributed by atoms with Crippen LogP contribution in [0.5, 0.6) is 0 Å². The summed E-state index contributed by atoms with van der Waals surface area (Å²) in [5, 5.41) is 0. The van der Waals surface area contributed by atoms with E-state index in [4.69, 9.17) is 9.47 Å². The van der Waals surface area contributed by atoms with Crippen LogP contribution in [0.2, 0.25) is 0 Å². The highest BCUT2D eigenvalue weighted by Gasteiger charge is 2.39. The first-order valence-corrected chi connectivity index (χ1v) is 7.75. The van der Waals surface area contributed by atoms with Crippen molar-refractivity contribution in [1.82, 2.24) is 0 Å². The van der Waals surface area contributed by atoms with Crippen LogP contribution in [0.25, 0.3) is 6.08 Å². The molecule has 2 rings (SSSR count). The van der Waals surface area contributed by atoms with Crippen molar-refractivity contribution in [2.75, 3.05) is 0 Å². The second-order valence-electron chi connectivity index (χ2n) is 7.70. The molecule has 1 aliphatic rings. The van der Waals surface area contributed by atoms with Gasteiger partial charge in [-0.3, -0.25) is 4.79 Å². The Hall–Kier alpha value is -2.10. The van der Waals surface area contributed by atoms with Gasteiger partial charge in [0.05, 0.1) is 5.57 Å². The van der Waals surface area contributed by atoms with Crippen LogP contribution < -0.4 is 0 Å². The topological polar surface area (TPSA) is 52.6 Å². The lowest BCUT2D eigenvalue weighted by Crippen LogP contribution is -2.31. The number of esters is 2. The van der Waals surface area contributed by atoms with Gasteiger partial charge in [-0.05, 0) is 58.7 Å². The van der Waals surface area contributed by atoms with E-state index in [0.717, 1.165) is 11.1 Å². The molecule has 1 aliphatic carbocycles. The van der Waals surface area contributed by atoms with E-state index in [1.807, 2.05) is 45.0 Å². The average molecular weight is 316 g/mol. The molecule has 23 heavy (non-hydrogen) atoms. The van der Waals surface area contributed by atoms with Gasteiger partial charge in [0.1, 0.15) is 17.1 Å². The van der Waals surface area contributed by atoms with E-state index in [9.17, 15) is 9.59 Å². The monoisotopic (exact) mass is 316 g/mol. The fourth-order valence-corrected chi connectivity index (χ4v) is 2.45. The number of carbonyl (C=O) groups is 2. The number of ether oxygens (including phenoxy) is 2. The van der Waals surface area contributed by atoms with Crippen LogP contribution in [0.1, 0.15) is 58.6 Å². The van der Waals surface area contributed by atoms with Gasteiger partial charge in [-0.2, -0.15) is 0 Å². The van der Waals surface area contributed by atoms with E-state index in [2.05, 4.69) is 0 Å². The first-order chi connectivity index (χ1) is 10.5. The zero-order valence-electron chi connectivity index (χ0n) is 14.6. The number of rotatable bonds is 2. The van der Waals surface area contributed by atoms with Crippen molar-refractivity contribution in [2.45, 2.75) is 58.7 Å². The van der Waals surface area contributed by atoms with Crippen molar-refractivity contribution < 1.29 is 19.1 Å². The van der Waals surface area contributed by atoms with E-state index in [-0.39, 0.29) is 0 Å². The molecular formula is C19H24O4. The third-order valence-electron chi connectivity index (χ3n) is 3.21. The van der Waals surface area contributed by atoms with Crippen molar-refractivity contribution >= 4 is 18.0 Å². The molecule has 0 fully saturated rings. The highest BCUT2D eigenvalue weighted by Crippen LogP contribution is 2.39.